The number of carbonyl (C=O) groups is 1. The lowest BCUT2D eigenvalue weighted by molar-refractivity contribution is 0.102. The van der Waals surface area contributed by atoms with Crippen LogP contribution in [0.3, 0.4) is 0 Å². The molecule has 5 rings (SSSR count). The van der Waals surface area contributed by atoms with Crippen LogP contribution in [-0.2, 0) is 0 Å². The molecule has 1 aromatic heterocycles. The molecule has 0 spiro atoms. The van der Waals surface area contributed by atoms with Crippen molar-refractivity contribution in [1.29, 1.82) is 0 Å². The lowest BCUT2D eigenvalue weighted by Crippen LogP contribution is -2.13. The number of amides is 1. The number of pyridine rings is 1. The van der Waals surface area contributed by atoms with E-state index in [1.165, 1.54) is 5.56 Å². The van der Waals surface area contributed by atoms with Crippen LogP contribution < -0.4 is 10.6 Å². The number of hydrogen-bond donors (Lipinski definition) is 2. The van der Waals surface area contributed by atoms with Crippen molar-refractivity contribution >= 4 is 33.9 Å². The van der Waals surface area contributed by atoms with E-state index in [4.69, 9.17) is 4.98 Å². The SMILES string of the molecule is Cc1ccc(-c2cc(C(=O)Nc3ccc(Nc4ccccc4)cc3)c3ccccc3n2)cc1. The second-order valence-electron chi connectivity index (χ2n) is 7.96. The molecular weight excluding hydrogens is 406 g/mol. The van der Waals surface area contributed by atoms with Gasteiger partial charge in [0.1, 0.15) is 0 Å². The molecule has 2 N–H and O–H groups in total. The van der Waals surface area contributed by atoms with Crippen molar-refractivity contribution < 1.29 is 4.79 Å². The number of rotatable bonds is 5. The molecule has 0 radical (unpaired) electrons. The van der Waals surface area contributed by atoms with Gasteiger partial charge < -0.3 is 10.6 Å². The molecule has 0 aliphatic rings. The van der Waals surface area contributed by atoms with Crippen LogP contribution in [0.5, 0.6) is 0 Å². The molecule has 4 heteroatoms. The fraction of sp³-hybridized carbons (Fsp3) is 0.0345. The van der Waals surface area contributed by atoms with E-state index in [2.05, 4.69) is 29.7 Å². The Kier molecular flexibility index (Phi) is 5.56. The first-order valence-corrected chi connectivity index (χ1v) is 10.9. The van der Waals surface area contributed by atoms with Gasteiger partial charge in [-0.2, -0.15) is 0 Å². The maximum atomic E-state index is 13.3. The molecule has 1 heterocycles. The van der Waals surface area contributed by atoms with Crippen LogP contribution >= 0.6 is 0 Å². The van der Waals surface area contributed by atoms with Gasteiger partial charge in [0.05, 0.1) is 16.8 Å². The third kappa shape index (κ3) is 4.60. The topological polar surface area (TPSA) is 54.0 Å². The largest absolute Gasteiger partial charge is 0.356 e. The highest BCUT2D eigenvalue weighted by Gasteiger charge is 2.14. The molecule has 160 valence electrons. The number of aryl methyl sites for hydroxylation is 1. The highest BCUT2D eigenvalue weighted by Crippen LogP contribution is 2.26. The normalized spacial score (nSPS) is 10.7. The van der Waals surface area contributed by atoms with Gasteiger partial charge in [-0.3, -0.25) is 4.79 Å². The summed E-state index contributed by atoms with van der Waals surface area (Å²) in [6.45, 7) is 2.05. The average molecular weight is 430 g/mol. The van der Waals surface area contributed by atoms with E-state index in [9.17, 15) is 4.79 Å². The zero-order valence-electron chi connectivity index (χ0n) is 18.2. The molecule has 33 heavy (non-hydrogen) atoms. The van der Waals surface area contributed by atoms with E-state index in [0.29, 0.717) is 5.56 Å². The van der Waals surface area contributed by atoms with Gasteiger partial charge in [0.15, 0.2) is 0 Å². The van der Waals surface area contributed by atoms with Crippen LogP contribution in [0.2, 0.25) is 0 Å². The predicted octanol–water partition coefficient (Wildman–Crippen LogP) is 7.21. The van der Waals surface area contributed by atoms with E-state index in [1.807, 2.05) is 97.1 Å². The molecule has 4 aromatic carbocycles. The first-order valence-electron chi connectivity index (χ1n) is 10.9. The summed E-state index contributed by atoms with van der Waals surface area (Å²) in [5.74, 6) is -0.161. The number of anilines is 3. The maximum absolute atomic E-state index is 13.3. The molecule has 0 aliphatic heterocycles. The molecule has 0 fully saturated rings. The number of benzene rings is 4. The quantitative estimate of drug-likeness (QED) is 0.310. The second-order valence-corrected chi connectivity index (χ2v) is 7.96. The van der Waals surface area contributed by atoms with Gasteiger partial charge in [-0.1, -0.05) is 66.2 Å². The van der Waals surface area contributed by atoms with E-state index in [-0.39, 0.29) is 5.91 Å². The Balaban J connectivity index is 1.42. The Bertz CT molecular complexity index is 1410. The summed E-state index contributed by atoms with van der Waals surface area (Å²) in [6.07, 6.45) is 0. The third-order valence-corrected chi connectivity index (χ3v) is 5.51. The molecule has 0 atom stereocenters. The maximum Gasteiger partial charge on any atom is 0.256 e. The van der Waals surface area contributed by atoms with Crippen LogP contribution in [0, 0.1) is 6.92 Å². The highest BCUT2D eigenvalue weighted by atomic mass is 16.1. The van der Waals surface area contributed by atoms with Gasteiger partial charge in [0.25, 0.3) is 5.91 Å². The summed E-state index contributed by atoms with van der Waals surface area (Å²) in [5.41, 5.74) is 7.04. The number of carbonyl (C=O) groups excluding carboxylic acids is 1. The third-order valence-electron chi connectivity index (χ3n) is 5.51. The zero-order chi connectivity index (χ0) is 22.6. The van der Waals surface area contributed by atoms with Crippen LogP contribution in [-0.4, -0.2) is 10.9 Å². The summed E-state index contributed by atoms with van der Waals surface area (Å²) in [5, 5.41) is 7.21. The van der Waals surface area contributed by atoms with Gasteiger partial charge in [-0.15, -0.1) is 0 Å². The highest BCUT2D eigenvalue weighted by molar-refractivity contribution is 6.13. The Labute approximate surface area is 192 Å². The number of nitrogens with one attached hydrogen (secondary N) is 2. The number of nitrogens with zero attached hydrogens (tertiary/aromatic N) is 1. The first-order chi connectivity index (χ1) is 16.2. The van der Waals surface area contributed by atoms with Crippen LogP contribution in [0.1, 0.15) is 15.9 Å². The van der Waals surface area contributed by atoms with Gasteiger partial charge in [0, 0.05) is 28.0 Å². The Morgan fingerprint density at radius 3 is 2.09 bits per heavy atom. The minimum atomic E-state index is -0.161. The standard InChI is InChI=1S/C29H23N3O/c1-20-11-13-21(14-12-20)28-19-26(25-9-5-6-10-27(25)32-28)29(33)31-24-17-15-23(16-18-24)30-22-7-3-2-4-8-22/h2-19,30H,1H3,(H,31,33). The summed E-state index contributed by atoms with van der Waals surface area (Å²) in [7, 11) is 0. The van der Waals surface area contributed by atoms with Crippen molar-refractivity contribution in [3.05, 3.63) is 120 Å². The molecule has 4 nitrogen and oxygen atoms in total. The fourth-order valence-corrected chi connectivity index (χ4v) is 3.76. The summed E-state index contributed by atoms with van der Waals surface area (Å²) >= 11 is 0. The molecule has 0 unspecified atom stereocenters. The lowest BCUT2D eigenvalue weighted by atomic mass is 10.0. The molecular formula is C29H23N3O. The van der Waals surface area contributed by atoms with Crippen LogP contribution in [0.4, 0.5) is 17.1 Å². The number of fused-ring (bicyclic) bond motifs is 1. The summed E-state index contributed by atoms with van der Waals surface area (Å²) in [4.78, 5) is 18.1. The Morgan fingerprint density at radius 2 is 1.33 bits per heavy atom. The zero-order valence-corrected chi connectivity index (χ0v) is 18.2. The predicted molar refractivity (Wildman–Crippen MR) is 136 cm³/mol. The van der Waals surface area contributed by atoms with Crippen LogP contribution in [0.15, 0.2) is 109 Å². The minimum Gasteiger partial charge on any atom is -0.356 e. The summed E-state index contributed by atoms with van der Waals surface area (Å²) < 4.78 is 0. The Morgan fingerprint density at radius 1 is 0.697 bits per heavy atom. The second kappa shape index (κ2) is 8.97. The van der Waals surface area contributed by atoms with Gasteiger partial charge in [-0.05, 0) is 55.5 Å². The monoisotopic (exact) mass is 429 g/mol. The van der Waals surface area contributed by atoms with E-state index >= 15 is 0 Å². The van der Waals surface area contributed by atoms with Crippen molar-refractivity contribution in [2.24, 2.45) is 0 Å². The smallest absolute Gasteiger partial charge is 0.256 e. The van der Waals surface area contributed by atoms with Crippen molar-refractivity contribution in [2.75, 3.05) is 10.6 Å². The molecule has 0 saturated carbocycles. The van der Waals surface area contributed by atoms with E-state index in [0.717, 1.165) is 39.2 Å². The summed E-state index contributed by atoms with van der Waals surface area (Å²) in [6, 6.07) is 35.4. The van der Waals surface area contributed by atoms with Crippen LogP contribution in [0.25, 0.3) is 22.2 Å². The number of hydrogen-bond acceptors (Lipinski definition) is 3. The van der Waals surface area contributed by atoms with Crippen molar-refractivity contribution in [3.8, 4) is 11.3 Å². The van der Waals surface area contributed by atoms with E-state index in [1.54, 1.807) is 0 Å². The van der Waals surface area contributed by atoms with Crippen molar-refractivity contribution in [3.63, 3.8) is 0 Å². The van der Waals surface area contributed by atoms with Crippen molar-refractivity contribution in [2.45, 2.75) is 6.92 Å². The van der Waals surface area contributed by atoms with Gasteiger partial charge in [0.2, 0.25) is 0 Å². The minimum absolute atomic E-state index is 0.161. The molecule has 0 bridgehead atoms. The average Bonchev–Trinajstić information content (AvgIpc) is 2.85. The first kappa shape index (κ1) is 20.5. The van der Waals surface area contributed by atoms with E-state index < -0.39 is 0 Å². The number of aromatic nitrogens is 1. The lowest BCUT2D eigenvalue weighted by Gasteiger charge is -2.12. The molecule has 0 saturated heterocycles. The van der Waals surface area contributed by atoms with Gasteiger partial charge in [-0.25, -0.2) is 4.98 Å². The van der Waals surface area contributed by atoms with Crippen molar-refractivity contribution in [1.82, 2.24) is 4.98 Å². The number of para-hydroxylation sites is 2. The molecule has 5 aromatic rings. The molecule has 0 aliphatic carbocycles. The fourth-order valence-electron chi connectivity index (χ4n) is 3.76. The Hall–Kier alpha value is -4.44. The van der Waals surface area contributed by atoms with Gasteiger partial charge >= 0.3 is 0 Å². The molecule has 1 amide bonds.